The maximum Gasteiger partial charge on any atom is 0.237 e. The Hall–Kier alpha value is -3.32. The van der Waals surface area contributed by atoms with Crippen molar-refractivity contribution in [3.05, 3.63) is 78.6 Å². The molecule has 30 heavy (non-hydrogen) atoms. The van der Waals surface area contributed by atoms with Gasteiger partial charge in [-0.2, -0.15) is 10.1 Å². The number of rotatable bonds is 7. The molecule has 2 heterocycles. The van der Waals surface area contributed by atoms with Crippen molar-refractivity contribution >= 4 is 17.9 Å². The Balaban J connectivity index is 1.70. The van der Waals surface area contributed by atoms with Crippen LogP contribution < -0.4 is 9.46 Å². The molecule has 0 aliphatic rings. The van der Waals surface area contributed by atoms with E-state index < -0.39 is 0 Å². The number of hydrogen-bond donors (Lipinski definition) is 1. The lowest BCUT2D eigenvalue weighted by Gasteiger charge is -2.14. The van der Waals surface area contributed by atoms with Crippen molar-refractivity contribution in [1.29, 1.82) is 0 Å². The fraction of sp³-hybridized carbons (Fsp3) is 0.174. The molecule has 2 aromatic carbocycles. The SMILES string of the molecule is CC(C)c1ccccc1-c1cc(Oc2ccccc2)nc(NSc2cnn(C)c2)n1. The van der Waals surface area contributed by atoms with Gasteiger partial charge >= 0.3 is 0 Å². The molecule has 0 saturated carbocycles. The number of nitrogens with one attached hydrogen (secondary N) is 1. The molecule has 2 aromatic heterocycles. The van der Waals surface area contributed by atoms with Crippen LogP contribution in [0.15, 0.2) is 78.0 Å². The first-order chi connectivity index (χ1) is 14.6. The normalized spacial score (nSPS) is 10.9. The van der Waals surface area contributed by atoms with Crippen molar-refractivity contribution < 1.29 is 4.74 Å². The summed E-state index contributed by atoms with van der Waals surface area (Å²) in [5.74, 6) is 2.06. The van der Waals surface area contributed by atoms with Crippen LogP contribution in [-0.4, -0.2) is 19.7 Å². The third-order valence-corrected chi connectivity index (χ3v) is 5.20. The van der Waals surface area contributed by atoms with Crippen LogP contribution in [0.4, 0.5) is 5.95 Å². The smallest absolute Gasteiger partial charge is 0.237 e. The lowest BCUT2D eigenvalue weighted by Crippen LogP contribution is -2.01. The lowest BCUT2D eigenvalue weighted by atomic mass is 9.95. The summed E-state index contributed by atoms with van der Waals surface area (Å²) in [5.41, 5.74) is 3.12. The van der Waals surface area contributed by atoms with Gasteiger partial charge < -0.3 is 4.74 Å². The van der Waals surface area contributed by atoms with Gasteiger partial charge in [0, 0.05) is 24.9 Å². The Morgan fingerprint density at radius 1 is 1.00 bits per heavy atom. The van der Waals surface area contributed by atoms with Gasteiger partial charge in [0.25, 0.3) is 0 Å². The second-order valence-corrected chi connectivity index (χ2v) is 8.01. The summed E-state index contributed by atoms with van der Waals surface area (Å²) < 4.78 is 11.0. The van der Waals surface area contributed by atoms with E-state index in [1.54, 1.807) is 10.9 Å². The van der Waals surface area contributed by atoms with Crippen molar-refractivity contribution in [3.63, 3.8) is 0 Å². The molecule has 0 unspecified atom stereocenters. The zero-order valence-corrected chi connectivity index (χ0v) is 17.9. The van der Waals surface area contributed by atoms with Crippen LogP contribution in [0.1, 0.15) is 25.3 Å². The maximum absolute atomic E-state index is 6.02. The van der Waals surface area contributed by atoms with E-state index in [0.29, 0.717) is 17.7 Å². The minimum atomic E-state index is 0.371. The quantitative estimate of drug-likeness (QED) is 0.377. The first kappa shape index (κ1) is 20.0. The van der Waals surface area contributed by atoms with E-state index in [2.05, 4.69) is 46.9 Å². The van der Waals surface area contributed by atoms with Gasteiger partial charge in [-0.3, -0.25) is 9.40 Å². The number of para-hydroxylation sites is 1. The molecule has 0 fully saturated rings. The predicted molar refractivity (Wildman–Crippen MR) is 121 cm³/mol. The van der Waals surface area contributed by atoms with Gasteiger partial charge in [0.05, 0.1) is 16.8 Å². The van der Waals surface area contributed by atoms with Gasteiger partial charge in [-0.25, -0.2) is 4.98 Å². The second-order valence-electron chi connectivity index (χ2n) is 7.13. The highest BCUT2D eigenvalue weighted by molar-refractivity contribution is 8.00. The maximum atomic E-state index is 6.02. The molecule has 7 heteroatoms. The van der Waals surface area contributed by atoms with E-state index >= 15 is 0 Å². The summed E-state index contributed by atoms with van der Waals surface area (Å²) in [5, 5.41) is 4.19. The van der Waals surface area contributed by atoms with Crippen LogP contribution in [0.5, 0.6) is 11.6 Å². The third kappa shape index (κ3) is 4.80. The van der Waals surface area contributed by atoms with Crippen molar-refractivity contribution in [1.82, 2.24) is 19.7 Å². The first-order valence-electron chi connectivity index (χ1n) is 9.71. The van der Waals surface area contributed by atoms with Gasteiger partial charge in [-0.05, 0) is 35.6 Å². The monoisotopic (exact) mass is 417 g/mol. The molecule has 4 rings (SSSR count). The lowest BCUT2D eigenvalue weighted by molar-refractivity contribution is 0.463. The molecule has 152 valence electrons. The number of benzene rings is 2. The summed E-state index contributed by atoms with van der Waals surface area (Å²) in [6.07, 6.45) is 3.72. The largest absolute Gasteiger partial charge is 0.439 e. The van der Waals surface area contributed by atoms with Crippen LogP contribution in [0.25, 0.3) is 11.3 Å². The Morgan fingerprint density at radius 3 is 2.50 bits per heavy atom. The minimum Gasteiger partial charge on any atom is -0.439 e. The van der Waals surface area contributed by atoms with Gasteiger partial charge in [-0.1, -0.05) is 56.3 Å². The van der Waals surface area contributed by atoms with Crippen molar-refractivity contribution in [2.45, 2.75) is 24.7 Å². The predicted octanol–water partition coefficient (Wildman–Crippen LogP) is 5.91. The molecule has 1 N–H and O–H groups in total. The fourth-order valence-electron chi connectivity index (χ4n) is 3.06. The summed E-state index contributed by atoms with van der Waals surface area (Å²) in [4.78, 5) is 10.3. The Labute approximate surface area is 180 Å². The molecule has 0 amide bonds. The van der Waals surface area contributed by atoms with Crippen LogP contribution >= 0.6 is 11.9 Å². The second kappa shape index (κ2) is 9.00. The van der Waals surface area contributed by atoms with E-state index in [9.17, 15) is 0 Å². The molecule has 0 saturated heterocycles. The van der Waals surface area contributed by atoms with E-state index in [4.69, 9.17) is 9.72 Å². The van der Waals surface area contributed by atoms with Gasteiger partial charge in [0.15, 0.2) is 0 Å². The number of anilines is 1. The van der Waals surface area contributed by atoms with Crippen LogP contribution in [0, 0.1) is 0 Å². The number of aryl methyl sites for hydroxylation is 1. The first-order valence-corrected chi connectivity index (χ1v) is 10.5. The highest BCUT2D eigenvalue weighted by Gasteiger charge is 2.14. The van der Waals surface area contributed by atoms with E-state index in [1.165, 1.54) is 17.5 Å². The number of hydrogen-bond acceptors (Lipinski definition) is 6. The van der Waals surface area contributed by atoms with Crippen LogP contribution in [-0.2, 0) is 7.05 Å². The standard InChI is InChI=1S/C23H23N5OS/c1-16(2)19-11-7-8-12-20(19)21-13-22(29-17-9-5-4-6-10-17)26-23(25-21)27-30-18-14-24-28(3)15-18/h4-16H,1-3H3,(H,25,26,27). The minimum absolute atomic E-state index is 0.371. The summed E-state index contributed by atoms with van der Waals surface area (Å²) in [6, 6.07) is 19.8. The molecule has 4 aromatic rings. The van der Waals surface area contributed by atoms with Crippen molar-refractivity contribution in [2.24, 2.45) is 7.05 Å². The summed E-state index contributed by atoms with van der Waals surface area (Å²) in [6.45, 7) is 4.36. The van der Waals surface area contributed by atoms with Gasteiger partial charge in [0.1, 0.15) is 5.75 Å². The summed E-state index contributed by atoms with van der Waals surface area (Å²) in [7, 11) is 1.88. The van der Waals surface area contributed by atoms with E-state index in [-0.39, 0.29) is 0 Å². The van der Waals surface area contributed by atoms with Gasteiger partial charge in [-0.15, -0.1) is 0 Å². The van der Waals surface area contributed by atoms with Crippen molar-refractivity contribution in [2.75, 3.05) is 4.72 Å². The van der Waals surface area contributed by atoms with Crippen LogP contribution in [0.2, 0.25) is 0 Å². The molecule has 0 atom stereocenters. The van der Waals surface area contributed by atoms with E-state index in [0.717, 1.165) is 21.9 Å². The van der Waals surface area contributed by atoms with Crippen LogP contribution in [0.3, 0.4) is 0 Å². The molecule has 0 radical (unpaired) electrons. The Bertz CT molecular complexity index is 1130. The highest BCUT2D eigenvalue weighted by atomic mass is 32.2. The molecular weight excluding hydrogens is 394 g/mol. The number of aromatic nitrogens is 4. The van der Waals surface area contributed by atoms with Crippen molar-refractivity contribution in [3.8, 4) is 22.9 Å². The third-order valence-electron chi connectivity index (χ3n) is 4.47. The highest BCUT2D eigenvalue weighted by Crippen LogP contribution is 2.32. The molecule has 0 aliphatic heterocycles. The Morgan fingerprint density at radius 2 is 1.77 bits per heavy atom. The summed E-state index contributed by atoms with van der Waals surface area (Å²) >= 11 is 1.41. The molecule has 6 nitrogen and oxygen atoms in total. The van der Waals surface area contributed by atoms with Gasteiger partial charge in [0.2, 0.25) is 11.8 Å². The molecule has 0 spiro atoms. The molecule has 0 aliphatic carbocycles. The number of nitrogens with zero attached hydrogens (tertiary/aromatic N) is 4. The van der Waals surface area contributed by atoms with E-state index in [1.807, 2.05) is 55.7 Å². The number of ether oxygens (including phenoxy) is 1. The zero-order chi connectivity index (χ0) is 20.9. The average molecular weight is 418 g/mol. The molecule has 0 bridgehead atoms. The fourth-order valence-corrected chi connectivity index (χ4v) is 3.67. The average Bonchev–Trinajstić information content (AvgIpc) is 3.18. The topological polar surface area (TPSA) is 64.9 Å². The Kier molecular flexibility index (Phi) is 5.99. The molecular formula is C23H23N5OS. The zero-order valence-electron chi connectivity index (χ0n) is 17.1.